The third kappa shape index (κ3) is 3.87. The molecule has 0 unspecified atom stereocenters. The molecule has 0 aromatic heterocycles. The van der Waals surface area contributed by atoms with Gasteiger partial charge in [0, 0.05) is 23.2 Å². The summed E-state index contributed by atoms with van der Waals surface area (Å²) in [6.07, 6.45) is 0. The van der Waals surface area contributed by atoms with Gasteiger partial charge in [-0.25, -0.2) is 4.39 Å². The van der Waals surface area contributed by atoms with Crippen LogP contribution >= 0.6 is 27.5 Å². The number of hydrogen-bond donors (Lipinski definition) is 1. The summed E-state index contributed by atoms with van der Waals surface area (Å²) in [6, 6.07) is 8.10. The first-order valence-corrected chi connectivity index (χ1v) is 7.35. The molecule has 2 rings (SSSR count). The molecule has 0 radical (unpaired) electrons. The highest BCUT2D eigenvalue weighted by Crippen LogP contribution is 2.35. The molecule has 2 N–H and O–H groups in total. The zero-order chi connectivity index (χ0) is 15.4. The van der Waals surface area contributed by atoms with Crippen molar-refractivity contribution in [1.82, 2.24) is 0 Å². The number of methoxy groups -OCH3 is 1. The minimum Gasteiger partial charge on any atom is -0.493 e. The van der Waals surface area contributed by atoms with Crippen LogP contribution in [0, 0.1) is 5.82 Å². The van der Waals surface area contributed by atoms with Crippen LogP contribution in [0.25, 0.3) is 0 Å². The second kappa shape index (κ2) is 7.11. The van der Waals surface area contributed by atoms with E-state index >= 15 is 0 Å². The molecule has 0 aliphatic rings. The van der Waals surface area contributed by atoms with E-state index in [9.17, 15) is 4.39 Å². The Balaban J connectivity index is 2.24. The van der Waals surface area contributed by atoms with Crippen molar-refractivity contribution in [2.24, 2.45) is 5.73 Å². The fraction of sp³-hybridized carbons (Fsp3) is 0.200. The summed E-state index contributed by atoms with van der Waals surface area (Å²) in [5.74, 6) is 0.749. The van der Waals surface area contributed by atoms with Gasteiger partial charge >= 0.3 is 0 Å². The van der Waals surface area contributed by atoms with Crippen LogP contribution in [0.4, 0.5) is 4.39 Å². The monoisotopic (exact) mass is 373 g/mol. The van der Waals surface area contributed by atoms with Crippen LogP contribution in [-0.4, -0.2) is 7.11 Å². The maximum Gasteiger partial charge on any atom is 0.166 e. The molecule has 0 aliphatic heterocycles. The Hall–Kier alpha value is -1.30. The van der Waals surface area contributed by atoms with Gasteiger partial charge in [0.2, 0.25) is 0 Å². The van der Waals surface area contributed by atoms with Crippen molar-refractivity contribution in [2.75, 3.05) is 7.11 Å². The van der Waals surface area contributed by atoms with Crippen molar-refractivity contribution in [2.45, 2.75) is 13.2 Å². The Labute approximate surface area is 135 Å². The minimum absolute atomic E-state index is 0.268. The standard InChI is InChI=1S/C15H14BrClFNO2/c1-20-14-6-11(17)5-10(7-19)15(14)21-8-9-2-3-13(18)12(16)4-9/h2-6H,7-8,19H2,1H3. The molecule has 0 saturated carbocycles. The number of rotatable bonds is 5. The molecule has 2 aromatic carbocycles. The Morgan fingerprint density at radius 1 is 1.29 bits per heavy atom. The third-order valence-corrected chi connectivity index (χ3v) is 3.73. The van der Waals surface area contributed by atoms with Gasteiger partial charge in [0.25, 0.3) is 0 Å². The molecule has 0 amide bonds. The smallest absolute Gasteiger partial charge is 0.166 e. The molecule has 0 bridgehead atoms. The van der Waals surface area contributed by atoms with Gasteiger partial charge in [-0.1, -0.05) is 17.7 Å². The van der Waals surface area contributed by atoms with Crippen LogP contribution in [0.2, 0.25) is 5.02 Å². The number of ether oxygens (including phenoxy) is 2. The Bertz CT molecular complexity index is 627. The first-order valence-electron chi connectivity index (χ1n) is 6.18. The molecule has 0 spiro atoms. The van der Waals surface area contributed by atoms with Gasteiger partial charge < -0.3 is 15.2 Å². The molecule has 21 heavy (non-hydrogen) atoms. The van der Waals surface area contributed by atoms with Crippen molar-refractivity contribution < 1.29 is 13.9 Å². The zero-order valence-corrected chi connectivity index (χ0v) is 13.7. The lowest BCUT2D eigenvalue weighted by atomic mass is 10.2. The van der Waals surface area contributed by atoms with E-state index in [-0.39, 0.29) is 19.0 Å². The van der Waals surface area contributed by atoms with Crippen LogP contribution < -0.4 is 15.2 Å². The first kappa shape index (κ1) is 16.1. The predicted octanol–water partition coefficient (Wildman–Crippen LogP) is 4.29. The summed E-state index contributed by atoms with van der Waals surface area (Å²) in [5, 5.41) is 0.532. The van der Waals surface area contributed by atoms with Gasteiger partial charge in [-0.2, -0.15) is 0 Å². The summed E-state index contributed by atoms with van der Waals surface area (Å²) in [7, 11) is 1.54. The normalized spacial score (nSPS) is 10.5. The second-order valence-electron chi connectivity index (χ2n) is 4.34. The van der Waals surface area contributed by atoms with E-state index in [4.69, 9.17) is 26.8 Å². The van der Waals surface area contributed by atoms with E-state index in [0.717, 1.165) is 11.1 Å². The third-order valence-electron chi connectivity index (χ3n) is 2.90. The molecule has 112 valence electrons. The Morgan fingerprint density at radius 2 is 2.05 bits per heavy atom. The molecule has 0 heterocycles. The summed E-state index contributed by atoms with van der Waals surface area (Å²) >= 11 is 9.14. The van der Waals surface area contributed by atoms with Crippen LogP contribution in [0.3, 0.4) is 0 Å². The van der Waals surface area contributed by atoms with Gasteiger partial charge in [0.15, 0.2) is 11.5 Å². The van der Waals surface area contributed by atoms with Gasteiger partial charge in [0.05, 0.1) is 11.6 Å². The van der Waals surface area contributed by atoms with Gasteiger partial charge in [-0.3, -0.25) is 0 Å². The van der Waals surface area contributed by atoms with Crippen LogP contribution in [0.15, 0.2) is 34.8 Å². The molecule has 0 fully saturated rings. The van der Waals surface area contributed by atoms with Crippen LogP contribution in [-0.2, 0) is 13.2 Å². The molecule has 0 saturated heterocycles. The van der Waals surface area contributed by atoms with Crippen molar-refractivity contribution in [1.29, 1.82) is 0 Å². The summed E-state index contributed by atoms with van der Waals surface area (Å²) in [4.78, 5) is 0. The molecular formula is C15H14BrClFNO2. The topological polar surface area (TPSA) is 44.5 Å². The highest BCUT2D eigenvalue weighted by atomic mass is 79.9. The van der Waals surface area contributed by atoms with E-state index in [1.54, 1.807) is 24.3 Å². The van der Waals surface area contributed by atoms with E-state index in [2.05, 4.69) is 15.9 Å². The SMILES string of the molecule is COc1cc(Cl)cc(CN)c1OCc1ccc(F)c(Br)c1. The zero-order valence-electron chi connectivity index (χ0n) is 11.3. The van der Waals surface area contributed by atoms with Gasteiger partial charge in [0.1, 0.15) is 12.4 Å². The van der Waals surface area contributed by atoms with Crippen LogP contribution in [0.5, 0.6) is 11.5 Å². The van der Waals surface area contributed by atoms with E-state index in [1.165, 1.54) is 13.2 Å². The summed E-state index contributed by atoms with van der Waals surface area (Å²) < 4.78 is 24.6. The van der Waals surface area contributed by atoms with E-state index in [1.807, 2.05) is 0 Å². The fourth-order valence-corrected chi connectivity index (χ4v) is 2.53. The van der Waals surface area contributed by atoms with Crippen LogP contribution in [0.1, 0.15) is 11.1 Å². The fourth-order valence-electron chi connectivity index (χ4n) is 1.87. The maximum atomic E-state index is 13.2. The number of nitrogens with two attached hydrogens (primary N) is 1. The minimum atomic E-state index is -0.314. The number of benzene rings is 2. The predicted molar refractivity (Wildman–Crippen MR) is 84.3 cm³/mol. The Morgan fingerprint density at radius 3 is 2.67 bits per heavy atom. The molecule has 0 aliphatic carbocycles. The van der Waals surface area contributed by atoms with Gasteiger partial charge in [-0.05, 0) is 39.7 Å². The number of hydrogen-bond acceptors (Lipinski definition) is 3. The molecular weight excluding hydrogens is 361 g/mol. The lowest BCUT2D eigenvalue weighted by molar-refractivity contribution is 0.281. The molecule has 0 atom stereocenters. The average molecular weight is 375 g/mol. The Kier molecular flexibility index (Phi) is 5.45. The maximum absolute atomic E-state index is 13.2. The molecule has 3 nitrogen and oxygen atoms in total. The average Bonchev–Trinajstić information content (AvgIpc) is 2.48. The highest BCUT2D eigenvalue weighted by molar-refractivity contribution is 9.10. The summed E-state index contributed by atoms with van der Waals surface area (Å²) in [6.45, 7) is 0.545. The largest absolute Gasteiger partial charge is 0.493 e. The number of halogens is 3. The highest BCUT2D eigenvalue weighted by Gasteiger charge is 2.12. The van der Waals surface area contributed by atoms with Crippen molar-refractivity contribution in [3.8, 4) is 11.5 Å². The quantitative estimate of drug-likeness (QED) is 0.849. The van der Waals surface area contributed by atoms with Crippen molar-refractivity contribution in [3.05, 3.63) is 56.8 Å². The van der Waals surface area contributed by atoms with Crippen molar-refractivity contribution >= 4 is 27.5 Å². The van der Waals surface area contributed by atoms with E-state index in [0.29, 0.717) is 21.0 Å². The molecule has 2 aromatic rings. The first-order chi connectivity index (χ1) is 10.0. The molecule has 6 heteroatoms. The summed E-state index contributed by atoms with van der Waals surface area (Å²) in [5.41, 5.74) is 7.28. The van der Waals surface area contributed by atoms with E-state index < -0.39 is 0 Å². The van der Waals surface area contributed by atoms with Gasteiger partial charge in [-0.15, -0.1) is 0 Å². The second-order valence-corrected chi connectivity index (χ2v) is 5.63. The lowest BCUT2D eigenvalue weighted by Crippen LogP contribution is -2.05. The van der Waals surface area contributed by atoms with Crippen molar-refractivity contribution in [3.63, 3.8) is 0 Å². The lowest BCUT2D eigenvalue weighted by Gasteiger charge is -2.15.